The lowest BCUT2D eigenvalue weighted by atomic mass is 10.7. The van der Waals surface area contributed by atoms with E-state index in [0.29, 0.717) is 0 Å². The van der Waals surface area contributed by atoms with Crippen LogP contribution in [-0.4, -0.2) is 40.5 Å². The molecule has 0 aliphatic heterocycles. The van der Waals surface area contributed by atoms with Crippen LogP contribution in [0.2, 0.25) is 0 Å². The van der Waals surface area contributed by atoms with Gasteiger partial charge in [0.1, 0.15) is 7.05 Å². The van der Waals surface area contributed by atoms with Crippen LogP contribution in [0.25, 0.3) is 0 Å². The van der Waals surface area contributed by atoms with Gasteiger partial charge in [-0.05, 0) is 4.81 Å². The average Bonchev–Trinajstić information content (AvgIpc) is 1.30. The highest BCUT2D eigenvalue weighted by Crippen LogP contribution is 1.83. The van der Waals surface area contributed by atoms with Gasteiger partial charge in [0, 0.05) is 0 Å². The van der Waals surface area contributed by atoms with Crippen molar-refractivity contribution < 1.29 is 20.3 Å². The maximum Gasteiger partial charge on any atom is 0.164 e. The van der Waals surface area contributed by atoms with Gasteiger partial charge >= 0.3 is 0 Å². The van der Waals surface area contributed by atoms with E-state index in [1.165, 1.54) is 0 Å². The van der Waals surface area contributed by atoms with Gasteiger partial charge in [-0.2, -0.15) is 10.4 Å². The van der Waals surface area contributed by atoms with Crippen LogP contribution in [0.3, 0.4) is 0 Å². The number of hydrogen-bond acceptors (Lipinski definition) is 3. The summed E-state index contributed by atoms with van der Waals surface area (Å²) < 4.78 is 0. The molecule has 0 radical (unpaired) electrons. The van der Waals surface area contributed by atoms with E-state index in [1.807, 2.05) is 0 Å². The molecule has 0 unspecified atom stereocenters. The zero-order valence-electron chi connectivity index (χ0n) is 4.20. The molecule has 0 aromatic heterocycles. The van der Waals surface area contributed by atoms with Crippen LogP contribution in [0.1, 0.15) is 0 Å². The SMILES string of the molecule is C[N+](O)(O)CCO. The van der Waals surface area contributed by atoms with Crippen molar-refractivity contribution in [3.05, 3.63) is 0 Å². The Balaban J connectivity index is 3.15. The molecule has 0 heterocycles. The van der Waals surface area contributed by atoms with Crippen molar-refractivity contribution in [3.8, 4) is 0 Å². The fraction of sp³-hybridized carbons (Fsp3) is 1.00. The summed E-state index contributed by atoms with van der Waals surface area (Å²) in [6.07, 6.45) is 0. The lowest BCUT2D eigenvalue weighted by Crippen LogP contribution is -2.38. The molecule has 0 rings (SSSR count). The van der Waals surface area contributed by atoms with E-state index in [-0.39, 0.29) is 13.2 Å². The molecule has 4 heteroatoms. The first-order chi connectivity index (χ1) is 3.06. The van der Waals surface area contributed by atoms with Gasteiger partial charge in [-0.3, -0.25) is 0 Å². The molecule has 0 atom stereocenters. The summed E-state index contributed by atoms with van der Waals surface area (Å²) in [5, 5.41) is 24.8. The first-order valence-corrected chi connectivity index (χ1v) is 1.98. The second-order valence-electron chi connectivity index (χ2n) is 1.54. The summed E-state index contributed by atoms with van der Waals surface area (Å²) in [5.74, 6) is 0. The zero-order chi connectivity index (χ0) is 5.91. The number of aliphatic hydroxyl groups excluding tert-OH is 1. The number of hydroxylamine groups is 4. The molecule has 0 amide bonds. The third-order valence-electron chi connectivity index (χ3n) is 0.524. The van der Waals surface area contributed by atoms with E-state index >= 15 is 0 Å². The van der Waals surface area contributed by atoms with Crippen molar-refractivity contribution in [3.63, 3.8) is 0 Å². The second-order valence-corrected chi connectivity index (χ2v) is 1.54. The maximum absolute atomic E-state index is 8.35. The highest BCUT2D eigenvalue weighted by molar-refractivity contribution is 4.11. The Kier molecular flexibility index (Phi) is 2.17. The molecule has 44 valence electrons. The van der Waals surface area contributed by atoms with Crippen molar-refractivity contribution in [2.75, 3.05) is 20.2 Å². The van der Waals surface area contributed by atoms with Crippen molar-refractivity contribution in [2.45, 2.75) is 0 Å². The highest BCUT2D eigenvalue weighted by Gasteiger charge is 2.10. The lowest BCUT2D eigenvalue weighted by molar-refractivity contribution is -1.23. The Hall–Kier alpha value is -0.160. The molecule has 4 nitrogen and oxygen atoms in total. The summed E-state index contributed by atoms with van der Waals surface area (Å²) in [7, 11) is 1.16. The predicted molar refractivity (Wildman–Crippen MR) is 21.7 cm³/mol. The number of aliphatic hydroxyl groups is 1. The van der Waals surface area contributed by atoms with E-state index in [1.54, 1.807) is 0 Å². The van der Waals surface area contributed by atoms with Gasteiger partial charge in [0.2, 0.25) is 0 Å². The minimum Gasteiger partial charge on any atom is -0.390 e. The van der Waals surface area contributed by atoms with E-state index in [0.717, 1.165) is 7.05 Å². The molecule has 0 spiro atoms. The Morgan fingerprint density at radius 3 is 1.86 bits per heavy atom. The predicted octanol–water partition coefficient (Wildman–Crippen LogP) is -0.796. The van der Waals surface area contributed by atoms with Gasteiger partial charge in [0.25, 0.3) is 0 Å². The van der Waals surface area contributed by atoms with Crippen molar-refractivity contribution >= 4 is 0 Å². The van der Waals surface area contributed by atoms with Gasteiger partial charge in [-0.25, -0.2) is 0 Å². The maximum atomic E-state index is 8.35. The molecule has 0 aromatic carbocycles. The molecule has 0 saturated heterocycles. The molecule has 0 aromatic rings. The zero-order valence-corrected chi connectivity index (χ0v) is 4.20. The standard InChI is InChI=1S/C3H10NO3/c1-4(6,7)2-3-5/h5-7H,2-3H2,1H3/q+1. The van der Waals surface area contributed by atoms with E-state index in [4.69, 9.17) is 15.5 Å². The molecule has 0 aliphatic carbocycles. The van der Waals surface area contributed by atoms with Gasteiger partial charge in [0.05, 0.1) is 6.61 Å². The quantitative estimate of drug-likeness (QED) is 0.320. The Labute approximate surface area is 41.7 Å². The van der Waals surface area contributed by atoms with Crippen LogP contribution >= 0.6 is 0 Å². The molecular weight excluding hydrogens is 98.0 g/mol. The van der Waals surface area contributed by atoms with Gasteiger partial charge in [0.15, 0.2) is 6.54 Å². The number of rotatable bonds is 2. The summed E-state index contributed by atoms with van der Waals surface area (Å²) in [5.41, 5.74) is 0. The number of hydrogen-bond donors (Lipinski definition) is 3. The Morgan fingerprint density at radius 1 is 1.43 bits per heavy atom. The van der Waals surface area contributed by atoms with Crippen LogP contribution in [0.5, 0.6) is 0 Å². The van der Waals surface area contributed by atoms with E-state index < -0.39 is 4.81 Å². The van der Waals surface area contributed by atoms with Gasteiger partial charge in [-0.1, -0.05) is 0 Å². The largest absolute Gasteiger partial charge is 0.390 e. The number of likely N-dealkylation sites (N-methyl/N-ethyl adjacent to an activating group) is 1. The summed E-state index contributed by atoms with van der Waals surface area (Å²) in [4.78, 5) is -1.16. The Bertz CT molecular complexity index is 48.6. The number of nitrogens with zero attached hydrogens (tertiary/aromatic N) is 1. The Morgan fingerprint density at radius 2 is 1.86 bits per heavy atom. The highest BCUT2D eigenvalue weighted by atomic mass is 16.8. The third kappa shape index (κ3) is 5.84. The molecule has 7 heavy (non-hydrogen) atoms. The summed E-state index contributed by atoms with van der Waals surface area (Å²) in [6.45, 7) is -0.274. The molecule has 0 fully saturated rings. The lowest BCUT2D eigenvalue weighted by Gasteiger charge is -2.12. The minimum absolute atomic E-state index is 0.0556. The van der Waals surface area contributed by atoms with E-state index in [2.05, 4.69) is 0 Å². The monoisotopic (exact) mass is 108 g/mol. The second kappa shape index (κ2) is 2.23. The van der Waals surface area contributed by atoms with Crippen LogP contribution < -0.4 is 0 Å². The third-order valence-corrected chi connectivity index (χ3v) is 0.524. The van der Waals surface area contributed by atoms with Crippen molar-refractivity contribution in [1.82, 2.24) is 0 Å². The smallest absolute Gasteiger partial charge is 0.164 e. The normalized spacial score (nSPS) is 12.0. The van der Waals surface area contributed by atoms with Crippen LogP contribution in [0.15, 0.2) is 0 Å². The molecular formula is C3H10NO3+. The molecule has 0 aliphatic rings. The summed E-state index contributed by atoms with van der Waals surface area (Å²) in [6, 6.07) is 0. The van der Waals surface area contributed by atoms with Crippen LogP contribution in [-0.2, 0) is 0 Å². The molecule has 0 bridgehead atoms. The fourth-order valence-corrected chi connectivity index (χ4v) is 0.189. The minimum atomic E-state index is -1.16. The molecule has 0 saturated carbocycles. The van der Waals surface area contributed by atoms with Crippen LogP contribution in [0, 0.1) is 0 Å². The van der Waals surface area contributed by atoms with Crippen molar-refractivity contribution in [2.24, 2.45) is 0 Å². The van der Waals surface area contributed by atoms with Crippen molar-refractivity contribution in [1.29, 1.82) is 0 Å². The van der Waals surface area contributed by atoms with Gasteiger partial charge in [-0.15, -0.1) is 0 Å². The first kappa shape index (κ1) is 6.84. The summed E-state index contributed by atoms with van der Waals surface area (Å²) >= 11 is 0. The topological polar surface area (TPSA) is 60.7 Å². The van der Waals surface area contributed by atoms with Crippen LogP contribution in [0.4, 0.5) is 0 Å². The van der Waals surface area contributed by atoms with Gasteiger partial charge < -0.3 is 5.11 Å². The average molecular weight is 108 g/mol. The fourth-order valence-electron chi connectivity index (χ4n) is 0.189. The first-order valence-electron chi connectivity index (χ1n) is 1.98. The molecule has 3 N–H and O–H groups in total. The van der Waals surface area contributed by atoms with E-state index in [9.17, 15) is 0 Å². The number of quaternary nitrogens is 1.